The summed E-state index contributed by atoms with van der Waals surface area (Å²) in [6.45, 7) is 3.44. The predicted molar refractivity (Wildman–Crippen MR) is 97.5 cm³/mol. The van der Waals surface area contributed by atoms with Gasteiger partial charge < -0.3 is 10.1 Å². The van der Waals surface area contributed by atoms with Crippen molar-refractivity contribution in [2.75, 3.05) is 12.4 Å². The van der Waals surface area contributed by atoms with E-state index < -0.39 is 5.97 Å². The second kappa shape index (κ2) is 6.73. The average Bonchev–Trinajstić information content (AvgIpc) is 2.60. The Morgan fingerprint density at radius 2 is 1.84 bits per heavy atom. The zero-order chi connectivity index (χ0) is 18.0. The van der Waals surface area contributed by atoms with E-state index in [1.165, 1.54) is 14.0 Å². The van der Waals surface area contributed by atoms with Crippen molar-refractivity contribution >= 4 is 34.0 Å². The van der Waals surface area contributed by atoms with Gasteiger partial charge in [0.05, 0.1) is 18.2 Å². The molecule has 0 fully saturated rings. The number of methoxy groups -OCH3 is 1. The third kappa shape index (κ3) is 3.50. The Morgan fingerprint density at radius 1 is 1.04 bits per heavy atom. The van der Waals surface area contributed by atoms with Gasteiger partial charge >= 0.3 is 5.97 Å². The van der Waals surface area contributed by atoms with Crippen LogP contribution < -0.4 is 5.32 Å². The number of Topliss-reactive ketones (excluding diaryl/α,β-unsaturated/α-hetero) is 1. The molecule has 0 aliphatic carbocycles. The van der Waals surface area contributed by atoms with Gasteiger partial charge in [-0.2, -0.15) is 0 Å². The largest absolute Gasteiger partial charge is 0.465 e. The molecule has 1 aromatic heterocycles. The zero-order valence-corrected chi connectivity index (χ0v) is 14.3. The molecule has 126 valence electrons. The van der Waals surface area contributed by atoms with Gasteiger partial charge in [0, 0.05) is 28.0 Å². The molecule has 3 rings (SSSR count). The van der Waals surface area contributed by atoms with Crippen molar-refractivity contribution in [1.29, 1.82) is 0 Å². The zero-order valence-electron chi connectivity index (χ0n) is 14.3. The molecule has 0 unspecified atom stereocenters. The number of hydrogen-bond acceptors (Lipinski definition) is 5. The van der Waals surface area contributed by atoms with E-state index in [9.17, 15) is 9.59 Å². The highest BCUT2D eigenvalue weighted by Gasteiger charge is 2.11. The third-order valence-corrected chi connectivity index (χ3v) is 3.91. The molecule has 0 radical (unpaired) electrons. The predicted octanol–water partition coefficient (Wildman–Crippen LogP) is 4.28. The molecule has 5 nitrogen and oxygen atoms in total. The number of ether oxygens (including phenoxy) is 1. The second-order valence-electron chi connectivity index (χ2n) is 5.80. The first-order chi connectivity index (χ1) is 12.0. The molecule has 0 spiro atoms. The quantitative estimate of drug-likeness (QED) is 0.570. The molecule has 0 aliphatic heterocycles. The first-order valence-electron chi connectivity index (χ1n) is 7.85. The monoisotopic (exact) mass is 334 g/mol. The third-order valence-electron chi connectivity index (χ3n) is 3.91. The summed E-state index contributed by atoms with van der Waals surface area (Å²) in [5.74, 6) is -0.389. The minimum atomic E-state index is -0.396. The Morgan fingerprint density at radius 3 is 2.56 bits per heavy atom. The van der Waals surface area contributed by atoms with Crippen LogP contribution in [0.15, 0.2) is 48.5 Å². The first-order valence-corrected chi connectivity index (χ1v) is 7.85. The summed E-state index contributed by atoms with van der Waals surface area (Å²) in [5, 5.41) is 4.13. The smallest absolute Gasteiger partial charge is 0.337 e. The minimum Gasteiger partial charge on any atom is -0.465 e. The topological polar surface area (TPSA) is 68.3 Å². The van der Waals surface area contributed by atoms with Crippen LogP contribution in [0.3, 0.4) is 0 Å². The van der Waals surface area contributed by atoms with E-state index in [-0.39, 0.29) is 5.78 Å². The number of nitrogens with zero attached hydrogens (tertiary/aromatic N) is 1. The number of nitrogens with one attached hydrogen (secondary N) is 1. The maximum atomic E-state index is 11.8. The SMILES string of the molecule is COC(=O)c1ccc2nc(C)cc(Nc3cccc(C(C)=O)c3)c2c1. The van der Waals surface area contributed by atoms with Crippen LogP contribution in [-0.4, -0.2) is 23.8 Å². The van der Waals surface area contributed by atoms with E-state index in [1.54, 1.807) is 30.3 Å². The molecule has 1 heterocycles. The average molecular weight is 334 g/mol. The number of carbonyl (C=O) groups is 2. The number of benzene rings is 2. The van der Waals surface area contributed by atoms with Crippen LogP contribution in [0.25, 0.3) is 10.9 Å². The van der Waals surface area contributed by atoms with E-state index in [2.05, 4.69) is 10.3 Å². The number of anilines is 2. The highest BCUT2D eigenvalue weighted by atomic mass is 16.5. The number of ketones is 1. The molecule has 1 N–H and O–H groups in total. The van der Waals surface area contributed by atoms with Gasteiger partial charge in [0.1, 0.15) is 0 Å². The van der Waals surface area contributed by atoms with Crippen LogP contribution >= 0.6 is 0 Å². The molecule has 0 saturated carbocycles. The number of hydrogen-bond donors (Lipinski definition) is 1. The van der Waals surface area contributed by atoms with E-state index in [0.717, 1.165) is 28.0 Å². The van der Waals surface area contributed by atoms with Gasteiger partial charge in [0.2, 0.25) is 0 Å². The molecule has 3 aromatic rings. The van der Waals surface area contributed by atoms with Gasteiger partial charge in [0.15, 0.2) is 5.78 Å². The van der Waals surface area contributed by atoms with Crippen LogP contribution in [0.2, 0.25) is 0 Å². The van der Waals surface area contributed by atoms with Gasteiger partial charge in [-0.05, 0) is 50.2 Å². The summed E-state index contributed by atoms with van der Waals surface area (Å²) < 4.78 is 4.79. The van der Waals surface area contributed by atoms with Crippen molar-refractivity contribution in [2.24, 2.45) is 0 Å². The van der Waals surface area contributed by atoms with E-state index in [0.29, 0.717) is 11.1 Å². The number of fused-ring (bicyclic) bond motifs is 1. The molecule has 25 heavy (non-hydrogen) atoms. The van der Waals surface area contributed by atoms with Crippen molar-refractivity contribution in [3.05, 3.63) is 65.4 Å². The van der Waals surface area contributed by atoms with Crippen LogP contribution in [0.4, 0.5) is 11.4 Å². The Kier molecular flexibility index (Phi) is 4.48. The number of aryl methyl sites for hydroxylation is 1. The maximum Gasteiger partial charge on any atom is 0.337 e. The Balaban J connectivity index is 2.09. The van der Waals surface area contributed by atoms with Crippen molar-refractivity contribution < 1.29 is 14.3 Å². The summed E-state index contributed by atoms with van der Waals surface area (Å²) in [6, 6.07) is 14.4. The standard InChI is InChI=1S/C20H18N2O3/c1-12-9-19(22-16-6-4-5-14(10-16)13(2)23)17-11-15(20(24)25-3)7-8-18(17)21-12/h4-11H,1-3H3,(H,21,22). The molecule has 0 atom stereocenters. The van der Waals surface area contributed by atoms with E-state index in [4.69, 9.17) is 4.74 Å². The fourth-order valence-electron chi connectivity index (χ4n) is 2.68. The number of esters is 1. The van der Waals surface area contributed by atoms with Crippen molar-refractivity contribution in [3.63, 3.8) is 0 Å². The van der Waals surface area contributed by atoms with E-state index >= 15 is 0 Å². The Labute approximate surface area is 145 Å². The number of aromatic nitrogens is 1. The van der Waals surface area contributed by atoms with Gasteiger partial charge in [0.25, 0.3) is 0 Å². The maximum absolute atomic E-state index is 11.8. The summed E-state index contributed by atoms with van der Waals surface area (Å²) in [7, 11) is 1.35. The molecule has 0 amide bonds. The minimum absolute atomic E-state index is 0.00685. The summed E-state index contributed by atoms with van der Waals surface area (Å²) in [5.41, 5.74) is 4.33. The van der Waals surface area contributed by atoms with Gasteiger partial charge in [-0.1, -0.05) is 12.1 Å². The molecular weight excluding hydrogens is 316 g/mol. The Hall–Kier alpha value is -3.21. The number of rotatable bonds is 4. The lowest BCUT2D eigenvalue weighted by molar-refractivity contribution is 0.0601. The van der Waals surface area contributed by atoms with Gasteiger partial charge in [-0.25, -0.2) is 4.79 Å². The second-order valence-corrected chi connectivity index (χ2v) is 5.80. The summed E-state index contributed by atoms with van der Waals surface area (Å²) >= 11 is 0. The number of pyridine rings is 1. The van der Waals surface area contributed by atoms with Crippen LogP contribution in [0.5, 0.6) is 0 Å². The molecule has 2 aromatic carbocycles. The van der Waals surface area contributed by atoms with Crippen LogP contribution in [0, 0.1) is 6.92 Å². The summed E-state index contributed by atoms with van der Waals surface area (Å²) in [6.07, 6.45) is 0. The van der Waals surface area contributed by atoms with Crippen molar-refractivity contribution in [1.82, 2.24) is 4.98 Å². The lowest BCUT2D eigenvalue weighted by Crippen LogP contribution is -2.02. The molecule has 0 aliphatic rings. The van der Waals surface area contributed by atoms with Crippen molar-refractivity contribution in [2.45, 2.75) is 13.8 Å². The summed E-state index contributed by atoms with van der Waals surface area (Å²) in [4.78, 5) is 27.9. The first kappa shape index (κ1) is 16.6. The van der Waals surface area contributed by atoms with Gasteiger partial charge in [-0.3, -0.25) is 9.78 Å². The molecular formula is C20H18N2O3. The lowest BCUT2D eigenvalue weighted by Gasteiger charge is -2.12. The van der Waals surface area contributed by atoms with E-state index in [1.807, 2.05) is 25.1 Å². The molecule has 0 saturated heterocycles. The normalized spacial score (nSPS) is 10.5. The van der Waals surface area contributed by atoms with Crippen LogP contribution in [0.1, 0.15) is 33.3 Å². The number of carbonyl (C=O) groups excluding carboxylic acids is 2. The fraction of sp³-hybridized carbons (Fsp3) is 0.150. The van der Waals surface area contributed by atoms with Crippen LogP contribution in [-0.2, 0) is 4.74 Å². The van der Waals surface area contributed by atoms with Crippen molar-refractivity contribution in [3.8, 4) is 0 Å². The Bertz CT molecular complexity index is 980. The lowest BCUT2D eigenvalue weighted by atomic mass is 10.1. The fourth-order valence-corrected chi connectivity index (χ4v) is 2.68. The highest BCUT2D eigenvalue weighted by Crippen LogP contribution is 2.28. The highest BCUT2D eigenvalue weighted by molar-refractivity contribution is 6.00. The van der Waals surface area contributed by atoms with Gasteiger partial charge in [-0.15, -0.1) is 0 Å². The molecule has 0 bridgehead atoms. The molecule has 5 heteroatoms.